The molecule has 0 fully saturated rings. The molecule has 0 bridgehead atoms. The van der Waals surface area contributed by atoms with E-state index in [2.05, 4.69) is 0 Å². The maximum atomic E-state index is 10.6. The van der Waals surface area contributed by atoms with Crippen LogP contribution in [0.25, 0.3) is 0 Å². The third-order valence-corrected chi connectivity index (χ3v) is 2.66. The van der Waals surface area contributed by atoms with Gasteiger partial charge in [0.05, 0.1) is 4.90 Å². The first-order chi connectivity index (χ1) is 5.91. The summed E-state index contributed by atoms with van der Waals surface area (Å²) in [6.45, 7) is 1.75. The van der Waals surface area contributed by atoms with E-state index in [0.29, 0.717) is 4.86 Å². The summed E-state index contributed by atoms with van der Waals surface area (Å²) in [4.78, 5) is 0.564. The molecule has 0 atom stereocenters. The van der Waals surface area contributed by atoms with Crippen LogP contribution >= 0.6 is 12.2 Å². The van der Waals surface area contributed by atoms with Gasteiger partial charge >= 0.3 is 0 Å². The monoisotopic (exact) mass is 216 g/mol. The van der Waals surface area contributed by atoms with Crippen LogP contribution in [0.5, 0.6) is 0 Å². The highest BCUT2D eigenvalue weighted by molar-refractivity contribution is 7.85. The van der Waals surface area contributed by atoms with Crippen LogP contribution in [-0.2, 0) is 10.1 Å². The van der Waals surface area contributed by atoms with Gasteiger partial charge < -0.3 is 0 Å². The van der Waals surface area contributed by atoms with E-state index in [1.165, 1.54) is 12.1 Å². The van der Waals surface area contributed by atoms with E-state index in [1.807, 2.05) is 0 Å². The molecule has 70 valence electrons. The fourth-order valence-electron chi connectivity index (χ4n) is 0.862. The Morgan fingerprint density at radius 1 is 1.31 bits per heavy atom. The Morgan fingerprint density at radius 2 is 1.77 bits per heavy atom. The molecule has 0 spiro atoms. The highest BCUT2D eigenvalue weighted by atomic mass is 32.2. The fraction of sp³-hybridized carbons (Fsp3) is 0.125. The van der Waals surface area contributed by atoms with Gasteiger partial charge in [-0.25, -0.2) is 0 Å². The van der Waals surface area contributed by atoms with E-state index in [4.69, 9.17) is 16.8 Å². The molecule has 0 aliphatic carbocycles. The van der Waals surface area contributed by atoms with Gasteiger partial charge in [0.15, 0.2) is 0 Å². The van der Waals surface area contributed by atoms with Crippen LogP contribution in [0.3, 0.4) is 0 Å². The van der Waals surface area contributed by atoms with E-state index in [0.717, 1.165) is 5.56 Å². The molecule has 1 aromatic carbocycles. The van der Waals surface area contributed by atoms with Crippen molar-refractivity contribution in [3.63, 3.8) is 0 Å². The lowest BCUT2D eigenvalue weighted by atomic mass is 10.2. The SMILES string of the molecule is CC(=S)c1ccc(S(=O)(=O)O)cc1. The Morgan fingerprint density at radius 3 is 2.08 bits per heavy atom. The third kappa shape index (κ3) is 2.58. The van der Waals surface area contributed by atoms with Crippen LogP contribution in [0, 0.1) is 0 Å². The van der Waals surface area contributed by atoms with Crippen molar-refractivity contribution in [1.82, 2.24) is 0 Å². The zero-order chi connectivity index (χ0) is 10.1. The van der Waals surface area contributed by atoms with Crippen molar-refractivity contribution in [3.05, 3.63) is 29.8 Å². The standard InChI is InChI=1S/C8H8O3S2/c1-6(12)7-2-4-8(5-3-7)13(9,10)11/h2-5H,1H3,(H,9,10,11). The Balaban J connectivity index is 3.16. The van der Waals surface area contributed by atoms with Gasteiger partial charge in [-0.2, -0.15) is 8.42 Å². The molecule has 5 heteroatoms. The number of benzene rings is 1. The lowest BCUT2D eigenvalue weighted by molar-refractivity contribution is 0.483. The molecule has 0 aromatic heterocycles. The third-order valence-electron chi connectivity index (χ3n) is 1.56. The van der Waals surface area contributed by atoms with Gasteiger partial charge in [-0.3, -0.25) is 4.55 Å². The molecule has 0 saturated carbocycles. The average molecular weight is 216 g/mol. The zero-order valence-corrected chi connectivity index (χ0v) is 8.52. The molecule has 0 unspecified atom stereocenters. The smallest absolute Gasteiger partial charge is 0.282 e. The molecular weight excluding hydrogens is 208 g/mol. The van der Waals surface area contributed by atoms with Crippen LogP contribution in [0.4, 0.5) is 0 Å². The van der Waals surface area contributed by atoms with E-state index in [9.17, 15) is 8.42 Å². The summed E-state index contributed by atoms with van der Waals surface area (Å²) < 4.78 is 29.9. The molecule has 1 rings (SSSR count). The van der Waals surface area contributed by atoms with Crippen LogP contribution in [0.2, 0.25) is 0 Å². The van der Waals surface area contributed by atoms with E-state index < -0.39 is 10.1 Å². The number of thiocarbonyl (C=S) groups is 1. The highest BCUT2D eigenvalue weighted by Gasteiger charge is 2.08. The van der Waals surface area contributed by atoms with E-state index in [1.54, 1.807) is 19.1 Å². The van der Waals surface area contributed by atoms with E-state index >= 15 is 0 Å². The molecule has 0 saturated heterocycles. The Labute approximate surface area is 82.1 Å². The summed E-state index contributed by atoms with van der Waals surface area (Å²) in [5.74, 6) is 0. The highest BCUT2D eigenvalue weighted by Crippen LogP contribution is 2.10. The predicted molar refractivity (Wildman–Crippen MR) is 53.6 cm³/mol. The van der Waals surface area contributed by atoms with Gasteiger partial charge in [-0.1, -0.05) is 24.4 Å². The predicted octanol–water partition coefficient (Wildman–Crippen LogP) is 1.67. The minimum atomic E-state index is -4.09. The summed E-state index contributed by atoms with van der Waals surface area (Å²) in [7, 11) is -4.09. The molecule has 0 aliphatic heterocycles. The molecule has 1 aromatic rings. The van der Waals surface area contributed by atoms with Crippen molar-refractivity contribution < 1.29 is 13.0 Å². The van der Waals surface area contributed by atoms with Crippen molar-refractivity contribution >= 4 is 27.2 Å². The second kappa shape index (κ2) is 3.53. The maximum Gasteiger partial charge on any atom is 0.294 e. The van der Waals surface area contributed by atoms with Crippen LogP contribution in [0.15, 0.2) is 29.2 Å². The lowest BCUT2D eigenvalue weighted by Crippen LogP contribution is -1.98. The topological polar surface area (TPSA) is 54.4 Å². The van der Waals surface area contributed by atoms with Crippen LogP contribution in [0.1, 0.15) is 12.5 Å². The minimum Gasteiger partial charge on any atom is -0.282 e. The first kappa shape index (κ1) is 10.3. The van der Waals surface area contributed by atoms with Gasteiger partial charge in [-0.15, -0.1) is 0 Å². The van der Waals surface area contributed by atoms with Gasteiger partial charge in [0.1, 0.15) is 0 Å². The Kier molecular flexibility index (Phi) is 2.80. The summed E-state index contributed by atoms with van der Waals surface area (Å²) in [5, 5.41) is 0. The van der Waals surface area contributed by atoms with Crippen LogP contribution in [-0.4, -0.2) is 17.8 Å². The van der Waals surface area contributed by atoms with Crippen molar-refractivity contribution in [3.8, 4) is 0 Å². The molecule has 1 N–H and O–H groups in total. The van der Waals surface area contributed by atoms with Crippen molar-refractivity contribution in [2.45, 2.75) is 11.8 Å². The molecule has 0 heterocycles. The fourth-order valence-corrected chi connectivity index (χ4v) is 1.48. The summed E-state index contributed by atoms with van der Waals surface area (Å²) in [5.41, 5.74) is 0.780. The second-order valence-corrected chi connectivity index (χ2v) is 4.59. The van der Waals surface area contributed by atoms with Gasteiger partial charge in [0.2, 0.25) is 0 Å². The lowest BCUT2D eigenvalue weighted by Gasteiger charge is -1.99. The first-order valence-electron chi connectivity index (χ1n) is 3.50. The quantitative estimate of drug-likeness (QED) is 0.464. The molecular formula is C8H8O3S2. The normalized spacial score (nSPS) is 11.2. The van der Waals surface area contributed by atoms with Gasteiger partial charge in [0, 0.05) is 4.86 Å². The van der Waals surface area contributed by atoms with Crippen molar-refractivity contribution in [1.29, 1.82) is 0 Å². The molecule has 0 aliphatic rings. The second-order valence-electron chi connectivity index (χ2n) is 2.56. The largest absolute Gasteiger partial charge is 0.294 e. The van der Waals surface area contributed by atoms with Crippen molar-refractivity contribution in [2.75, 3.05) is 0 Å². The van der Waals surface area contributed by atoms with E-state index in [-0.39, 0.29) is 4.90 Å². The summed E-state index contributed by atoms with van der Waals surface area (Å²) in [6, 6.07) is 5.76. The number of hydrogen-bond acceptors (Lipinski definition) is 3. The minimum absolute atomic E-state index is 0.118. The maximum absolute atomic E-state index is 10.6. The Hall–Kier alpha value is -0.780. The van der Waals surface area contributed by atoms with Crippen molar-refractivity contribution in [2.24, 2.45) is 0 Å². The molecule has 0 amide bonds. The Bertz CT molecular complexity index is 417. The van der Waals surface area contributed by atoms with Gasteiger partial charge in [0.25, 0.3) is 10.1 Å². The number of rotatable bonds is 2. The van der Waals surface area contributed by atoms with Crippen LogP contribution < -0.4 is 0 Å². The zero-order valence-electron chi connectivity index (χ0n) is 6.89. The first-order valence-corrected chi connectivity index (χ1v) is 5.34. The molecule has 3 nitrogen and oxygen atoms in total. The summed E-state index contributed by atoms with van der Waals surface area (Å²) in [6.07, 6.45) is 0. The van der Waals surface area contributed by atoms with Gasteiger partial charge in [-0.05, 0) is 24.6 Å². The molecule has 0 radical (unpaired) electrons. The summed E-state index contributed by atoms with van der Waals surface area (Å²) >= 11 is 4.89. The molecule has 13 heavy (non-hydrogen) atoms. The number of hydrogen-bond donors (Lipinski definition) is 1. The average Bonchev–Trinajstić information content (AvgIpc) is 2.03.